The van der Waals surface area contributed by atoms with Gasteiger partial charge in [0.05, 0.1) is 0 Å². The highest BCUT2D eigenvalue weighted by atomic mass is 35.5. The zero-order valence-electron chi connectivity index (χ0n) is 14.8. The quantitative estimate of drug-likeness (QED) is 0.728. The van der Waals surface area contributed by atoms with Gasteiger partial charge in [-0.2, -0.15) is 4.98 Å². The van der Waals surface area contributed by atoms with Gasteiger partial charge in [0.1, 0.15) is 23.2 Å². The number of nitrogens with one attached hydrogen (secondary N) is 1. The molecule has 1 aliphatic heterocycles. The minimum atomic E-state index is 0.476. The Morgan fingerprint density at radius 1 is 1.27 bits per heavy atom. The van der Waals surface area contributed by atoms with E-state index in [1.165, 1.54) is 32.3 Å². The first-order chi connectivity index (χ1) is 12.7. The lowest BCUT2D eigenvalue weighted by atomic mass is 9.99. The predicted molar refractivity (Wildman–Crippen MR) is 103 cm³/mol. The molecule has 6 nitrogen and oxygen atoms in total. The molecule has 0 unspecified atom stereocenters. The lowest BCUT2D eigenvalue weighted by Gasteiger charge is -2.30. The summed E-state index contributed by atoms with van der Waals surface area (Å²) in [5.41, 5.74) is 2.07. The van der Waals surface area contributed by atoms with Crippen molar-refractivity contribution in [2.24, 2.45) is 5.92 Å². The van der Waals surface area contributed by atoms with Crippen molar-refractivity contribution >= 4 is 28.5 Å². The standard InChI is InChI=1S/C19H22ClN5O/c1-13-5-8-25(9-6-13)10-7-21-18-16-17(14-3-2-4-15(20)11-14)24-26-19(16)23-12-22-18/h2-4,11-13H,5-10H2,1H3,(H,21,22,23). The summed E-state index contributed by atoms with van der Waals surface area (Å²) in [5, 5.41) is 9.07. The van der Waals surface area contributed by atoms with Crippen LogP contribution in [0.5, 0.6) is 0 Å². The fourth-order valence-electron chi connectivity index (χ4n) is 3.37. The molecule has 0 aliphatic carbocycles. The Hall–Kier alpha value is -2.18. The molecule has 0 saturated carbocycles. The number of piperidine rings is 1. The fourth-order valence-corrected chi connectivity index (χ4v) is 3.56. The summed E-state index contributed by atoms with van der Waals surface area (Å²) in [6, 6.07) is 7.55. The molecule has 0 radical (unpaired) electrons. The normalized spacial score (nSPS) is 16.2. The van der Waals surface area contributed by atoms with Gasteiger partial charge in [-0.3, -0.25) is 0 Å². The summed E-state index contributed by atoms with van der Waals surface area (Å²) >= 11 is 6.12. The monoisotopic (exact) mass is 371 g/mol. The predicted octanol–water partition coefficient (Wildman–Crippen LogP) is 4.08. The highest BCUT2D eigenvalue weighted by molar-refractivity contribution is 6.30. The number of hydrogen-bond acceptors (Lipinski definition) is 6. The third-order valence-corrected chi connectivity index (χ3v) is 5.20. The number of nitrogens with zero attached hydrogens (tertiary/aromatic N) is 4. The second-order valence-electron chi connectivity index (χ2n) is 6.89. The van der Waals surface area contributed by atoms with Crippen LogP contribution in [-0.2, 0) is 0 Å². The molecule has 26 heavy (non-hydrogen) atoms. The first kappa shape index (κ1) is 17.2. The van der Waals surface area contributed by atoms with Gasteiger partial charge in [0.15, 0.2) is 0 Å². The molecule has 7 heteroatoms. The van der Waals surface area contributed by atoms with Crippen molar-refractivity contribution < 1.29 is 4.52 Å². The summed E-state index contributed by atoms with van der Waals surface area (Å²) < 4.78 is 5.40. The molecule has 1 fully saturated rings. The number of aromatic nitrogens is 3. The molecule has 1 aromatic carbocycles. The molecule has 136 valence electrons. The van der Waals surface area contributed by atoms with E-state index < -0.39 is 0 Å². The van der Waals surface area contributed by atoms with Crippen LogP contribution in [0.3, 0.4) is 0 Å². The number of fused-ring (bicyclic) bond motifs is 1. The minimum absolute atomic E-state index is 0.476. The summed E-state index contributed by atoms with van der Waals surface area (Å²) in [4.78, 5) is 11.1. The molecular formula is C19H22ClN5O. The average Bonchev–Trinajstić information content (AvgIpc) is 3.08. The Labute approximate surface area is 157 Å². The number of anilines is 1. The third-order valence-electron chi connectivity index (χ3n) is 4.97. The van der Waals surface area contributed by atoms with Crippen LogP contribution < -0.4 is 5.32 Å². The zero-order valence-corrected chi connectivity index (χ0v) is 15.5. The molecule has 0 atom stereocenters. The Balaban J connectivity index is 1.53. The molecule has 1 aliphatic rings. The zero-order chi connectivity index (χ0) is 17.9. The van der Waals surface area contributed by atoms with Gasteiger partial charge in [0.2, 0.25) is 0 Å². The lowest BCUT2D eigenvalue weighted by molar-refractivity contribution is 0.199. The van der Waals surface area contributed by atoms with Gasteiger partial charge in [-0.1, -0.05) is 35.8 Å². The number of halogens is 1. The summed E-state index contributed by atoms with van der Waals surface area (Å²) in [6.07, 6.45) is 4.06. The lowest BCUT2D eigenvalue weighted by Crippen LogP contribution is -2.36. The first-order valence-electron chi connectivity index (χ1n) is 9.03. The second-order valence-corrected chi connectivity index (χ2v) is 7.33. The number of rotatable bonds is 5. The molecular weight excluding hydrogens is 350 g/mol. The third kappa shape index (κ3) is 3.66. The highest BCUT2D eigenvalue weighted by Gasteiger charge is 2.18. The Kier molecular flexibility index (Phi) is 5.04. The van der Waals surface area contributed by atoms with Gasteiger partial charge < -0.3 is 14.7 Å². The SMILES string of the molecule is CC1CCN(CCNc2ncnc3onc(-c4cccc(Cl)c4)c23)CC1. The van der Waals surface area contributed by atoms with Crippen LogP contribution in [0.1, 0.15) is 19.8 Å². The van der Waals surface area contributed by atoms with Crippen LogP contribution in [0.2, 0.25) is 5.02 Å². The van der Waals surface area contributed by atoms with Crippen LogP contribution in [0.15, 0.2) is 35.1 Å². The molecule has 3 aromatic rings. The summed E-state index contributed by atoms with van der Waals surface area (Å²) in [7, 11) is 0. The molecule has 3 heterocycles. The van der Waals surface area contributed by atoms with E-state index in [2.05, 4.69) is 32.3 Å². The maximum Gasteiger partial charge on any atom is 0.263 e. The van der Waals surface area contributed by atoms with E-state index in [1.54, 1.807) is 0 Å². The minimum Gasteiger partial charge on any atom is -0.368 e. The van der Waals surface area contributed by atoms with Crippen LogP contribution >= 0.6 is 11.6 Å². The molecule has 0 bridgehead atoms. The Bertz CT molecular complexity index is 889. The van der Waals surface area contributed by atoms with Crippen molar-refractivity contribution in [1.82, 2.24) is 20.0 Å². The average molecular weight is 372 g/mol. The van der Waals surface area contributed by atoms with Crippen molar-refractivity contribution in [2.75, 3.05) is 31.5 Å². The number of benzene rings is 1. The Morgan fingerprint density at radius 2 is 2.12 bits per heavy atom. The van der Waals surface area contributed by atoms with Crippen molar-refractivity contribution in [2.45, 2.75) is 19.8 Å². The van der Waals surface area contributed by atoms with Crippen molar-refractivity contribution in [3.05, 3.63) is 35.6 Å². The van der Waals surface area contributed by atoms with Gasteiger partial charge in [0, 0.05) is 23.7 Å². The fraction of sp³-hybridized carbons (Fsp3) is 0.421. The molecule has 4 rings (SSSR count). The van der Waals surface area contributed by atoms with Gasteiger partial charge >= 0.3 is 0 Å². The van der Waals surface area contributed by atoms with Crippen LogP contribution in [-0.4, -0.2) is 46.2 Å². The van der Waals surface area contributed by atoms with Crippen molar-refractivity contribution in [3.63, 3.8) is 0 Å². The van der Waals surface area contributed by atoms with Crippen LogP contribution in [0, 0.1) is 5.92 Å². The van der Waals surface area contributed by atoms with Crippen molar-refractivity contribution in [3.8, 4) is 11.3 Å². The summed E-state index contributed by atoms with van der Waals surface area (Å²) in [6.45, 7) is 6.49. The second kappa shape index (κ2) is 7.60. The van der Waals surface area contributed by atoms with Gasteiger partial charge in [-0.25, -0.2) is 4.98 Å². The molecule has 1 saturated heterocycles. The maximum absolute atomic E-state index is 6.12. The van der Waals surface area contributed by atoms with Gasteiger partial charge in [-0.15, -0.1) is 0 Å². The molecule has 1 N–H and O–H groups in total. The highest BCUT2D eigenvalue weighted by Crippen LogP contribution is 2.32. The number of hydrogen-bond donors (Lipinski definition) is 1. The molecule has 0 spiro atoms. The first-order valence-corrected chi connectivity index (χ1v) is 9.41. The number of likely N-dealkylation sites (tertiary alicyclic amines) is 1. The van der Waals surface area contributed by atoms with Gasteiger partial charge in [0.25, 0.3) is 5.71 Å². The maximum atomic E-state index is 6.12. The smallest absolute Gasteiger partial charge is 0.263 e. The van der Waals surface area contributed by atoms with Crippen LogP contribution in [0.4, 0.5) is 5.82 Å². The van der Waals surface area contributed by atoms with Crippen molar-refractivity contribution in [1.29, 1.82) is 0 Å². The topological polar surface area (TPSA) is 67.1 Å². The van der Waals surface area contributed by atoms with Gasteiger partial charge in [-0.05, 0) is 44.0 Å². The molecule has 2 aromatic heterocycles. The summed E-state index contributed by atoms with van der Waals surface area (Å²) in [5.74, 6) is 1.59. The van der Waals surface area contributed by atoms with E-state index in [9.17, 15) is 0 Å². The van der Waals surface area contributed by atoms with E-state index in [0.717, 1.165) is 35.8 Å². The van der Waals surface area contributed by atoms with E-state index in [0.29, 0.717) is 16.4 Å². The van der Waals surface area contributed by atoms with E-state index in [-0.39, 0.29) is 0 Å². The largest absolute Gasteiger partial charge is 0.368 e. The van der Waals surface area contributed by atoms with E-state index in [4.69, 9.17) is 16.1 Å². The van der Waals surface area contributed by atoms with E-state index in [1.807, 2.05) is 24.3 Å². The van der Waals surface area contributed by atoms with Crippen LogP contribution in [0.25, 0.3) is 22.4 Å². The molecule has 0 amide bonds. The Morgan fingerprint density at radius 3 is 2.92 bits per heavy atom. The van der Waals surface area contributed by atoms with E-state index >= 15 is 0 Å².